The number of nitriles is 1. The standard InChI is InChI=1S/C23H20N2O3S2/c24-16-18-10-12-19(13-11-18)17-29-22-9-5-4-8-21(22)23(26)25-14-15-30(27,28)20-6-2-1-3-7-20/h1-13H,14-15,17H2,(H,25,26). The molecule has 0 aliphatic heterocycles. The quantitative estimate of drug-likeness (QED) is 0.538. The number of thioether (sulfide) groups is 1. The highest BCUT2D eigenvalue weighted by molar-refractivity contribution is 7.98. The largest absolute Gasteiger partial charge is 0.351 e. The normalized spacial score (nSPS) is 10.9. The van der Waals surface area contributed by atoms with E-state index in [1.54, 1.807) is 54.6 Å². The van der Waals surface area contributed by atoms with Crippen molar-refractivity contribution in [2.24, 2.45) is 0 Å². The van der Waals surface area contributed by atoms with Gasteiger partial charge in [-0.1, -0.05) is 42.5 Å². The highest BCUT2D eigenvalue weighted by atomic mass is 32.2. The molecule has 0 saturated carbocycles. The Morgan fingerprint density at radius 2 is 1.60 bits per heavy atom. The fourth-order valence-corrected chi connectivity index (χ4v) is 4.94. The zero-order valence-electron chi connectivity index (χ0n) is 16.1. The zero-order valence-corrected chi connectivity index (χ0v) is 17.7. The Hall–Kier alpha value is -3.08. The second-order valence-electron chi connectivity index (χ2n) is 6.48. The van der Waals surface area contributed by atoms with E-state index in [0.717, 1.165) is 10.5 Å². The molecule has 0 atom stereocenters. The third-order valence-corrected chi connectivity index (χ3v) is 7.24. The van der Waals surface area contributed by atoms with Gasteiger partial charge < -0.3 is 5.32 Å². The monoisotopic (exact) mass is 436 g/mol. The van der Waals surface area contributed by atoms with Crippen LogP contribution in [0.3, 0.4) is 0 Å². The van der Waals surface area contributed by atoms with Crippen LogP contribution < -0.4 is 5.32 Å². The highest BCUT2D eigenvalue weighted by Gasteiger charge is 2.16. The molecule has 3 aromatic carbocycles. The molecule has 0 saturated heterocycles. The smallest absolute Gasteiger partial charge is 0.252 e. The van der Waals surface area contributed by atoms with Gasteiger partial charge in [-0.3, -0.25) is 4.79 Å². The number of hydrogen-bond acceptors (Lipinski definition) is 5. The maximum atomic E-state index is 12.6. The molecule has 0 unspecified atom stereocenters. The number of nitrogens with one attached hydrogen (secondary N) is 1. The molecule has 0 aliphatic rings. The first kappa shape index (κ1) is 21.6. The van der Waals surface area contributed by atoms with E-state index in [9.17, 15) is 13.2 Å². The maximum absolute atomic E-state index is 12.6. The van der Waals surface area contributed by atoms with E-state index in [1.165, 1.54) is 11.8 Å². The van der Waals surface area contributed by atoms with Crippen LogP contribution in [0, 0.1) is 11.3 Å². The lowest BCUT2D eigenvalue weighted by Gasteiger charge is -2.10. The van der Waals surface area contributed by atoms with E-state index in [0.29, 0.717) is 16.9 Å². The van der Waals surface area contributed by atoms with Crippen LogP contribution in [0.5, 0.6) is 0 Å². The topological polar surface area (TPSA) is 87.0 Å². The Kier molecular flexibility index (Phi) is 7.28. The summed E-state index contributed by atoms with van der Waals surface area (Å²) < 4.78 is 24.7. The van der Waals surface area contributed by atoms with Gasteiger partial charge in [-0.15, -0.1) is 11.8 Å². The Labute approximate surface area is 180 Å². The predicted octanol–water partition coefficient (Wildman–Crippen LogP) is 4.05. The summed E-state index contributed by atoms with van der Waals surface area (Å²) in [6.07, 6.45) is 0. The lowest BCUT2D eigenvalue weighted by Crippen LogP contribution is -2.29. The van der Waals surface area contributed by atoms with Crippen molar-refractivity contribution in [1.82, 2.24) is 5.32 Å². The van der Waals surface area contributed by atoms with Crippen molar-refractivity contribution in [1.29, 1.82) is 5.26 Å². The van der Waals surface area contributed by atoms with Crippen molar-refractivity contribution < 1.29 is 13.2 Å². The summed E-state index contributed by atoms with van der Waals surface area (Å²) in [6.45, 7) is 0.0324. The first-order chi connectivity index (χ1) is 14.5. The molecule has 30 heavy (non-hydrogen) atoms. The SMILES string of the molecule is N#Cc1ccc(CSc2ccccc2C(=O)NCCS(=O)(=O)c2ccccc2)cc1. The number of benzene rings is 3. The van der Waals surface area contributed by atoms with Gasteiger partial charge in [0.05, 0.1) is 27.8 Å². The number of nitrogens with zero attached hydrogens (tertiary/aromatic N) is 1. The molecule has 0 aliphatic carbocycles. The third-order valence-electron chi connectivity index (χ3n) is 4.37. The predicted molar refractivity (Wildman–Crippen MR) is 118 cm³/mol. The molecular formula is C23H20N2O3S2. The number of sulfone groups is 1. The van der Waals surface area contributed by atoms with Crippen LogP contribution in [-0.4, -0.2) is 26.6 Å². The Balaban J connectivity index is 1.60. The molecule has 0 fully saturated rings. The number of rotatable bonds is 8. The average Bonchev–Trinajstić information content (AvgIpc) is 2.78. The van der Waals surface area contributed by atoms with Gasteiger partial charge in [0.1, 0.15) is 0 Å². The van der Waals surface area contributed by atoms with Gasteiger partial charge in [0.15, 0.2) is 9.84 Å². The molecule has 0 spiro atoms. The van der Waals surface area contributed by atoms with E-state index in [2.05, 4.69) is 11.4 Å². The molecule has 1 amide bonds. The molecule has 5 nitrogen and oxygen atoms in total. The van der Waals surface area contributed by atoms with Crippen LogP contribution in [0.15, 0.2) is 88.7 Å². The zero-order chi connectivity index (χ0) is 21.4. The van der Waals surface area contributed by atoms with Crippen molar-refractivity contribution >= 4 is 27.5 Å². The summed E-state index contributed by atoms with van der Waals surface area (Å²) in [4.78, 5) is 13.7. The lowest BCUT2D eigenvalue weighted by atomic mass is 10.2. The fourth-order valence-electron chi connectivity index (χ4n) is 2.76. The van der Waals surface area contributed by atoms with Gasteiger partial charge in [-0.05, 0) is 42.0 Å². The Morgan fingerprint density at radius 3 is 2.30 bits per heavy atom. The highest BCUT2D eigenvalue weighted by Crippen LogP contribution is 2.26. The Bertz CT molecular complexity index is 1150. The number of amides is 1. The van der Waals surface area contributed by atoms with Gasteiger partial charge in [0.25, 0.3) is 5.91 Å². The number of carbonyl (C=O) groups is 1. The van der Waals surface area contributed by atoms with Crippen LogP contribution in [-0.2, 0) is 15.6 Å². The summed E-state index contributed by atoms with van der Waals surface area (Å²) in [7, 11) is -3.44. The van der Waals surface area contributed by atoms with E-state index in [1.807, 2.05) is 24.3 Å². The molecule has 152 valence electrons. The molecule has 1 N–H and O–H groups in total. The van der Waals surface area contributed by atoms with Gasteiger partial charge in [-0.25, -0.2) is 8.42 Å². The van der Waals surface area contributed by atoms with Crippen molar-refractivity contribution in [2.75, 3.05) is 12.3 Å². The summed E-state index contributed by atoms with van der Waals surface area (Å²) in [6, 6.07) is 24.8. The number of hydrogen-bond donors (Lipinski definition) is 1. The van der Waals surface area contributed by atoms with Gasteiger partial charge in [0, 0.05) is 17.2 Å². The van der Waals surface area contributed by atoms with Crippen molar-refractivity contribution in [3.63, 3.8) is 0 Å². The molecule has 3 aromatic rings. The fraction of sp³-hybridized carbons (Fsp3) is 0.130. The van der Waals surface area contributed by atoms with E-state index in [-0.39, 0.29) is 23.1 Å². The second kappa shape index (κ2) is 10.1. The van der Waals surface area contributed by atoms with Gasteiger partial charge >= 0.3 is 0 Å². The minimum Gasteiger partial charge on any atom is -0.351 e. The van der Waals surface area contributed by atoms with Crippen molar-refractivity contribution in [2.45, 2.75) is 15.5 Å². The average molecular weight is 437 g/mol. The second-order valence-corrected chi connectivity index (χ2v) is 9.61. The van der Waals surface area contributed by atoms with Gasteiger partial charge in [0.2, 0.25) is 0 Å². The molecule has 3 rings (SSSR count). The molecule has 0 bridgehead atoms. The minimum atomic E-state index is -3.44. The Morgan fingerprint density at radius 1 is 0.933 bits per heavy atom. The van der Waals surface area contributed by atoms with Gasteiger partial charge in [-0.2, -0.15) is 5.26 Å². The summed E-state index contributed by atoms with van der Waals surface area (Å²) in [5, 5.41) is 11.6. The third kappa shape index (κ3) is 5.72. The van der Waals surface area contributed by atoms with E-state index >= 15 is 0 Å². The lowest BCUT2D eigenvalue weighted by molar-refractivity contribution is 0.0953. The van der Waals surface area contributed by atoms with Crippen LogP contribution in [0.4, 0.5) is 0 Å². The molecule has 7 heteroatoms. The maximum Gasteiger partial charge on any atom is 0.252 e. The molecule has 0 heterocycles. The number of carbonyl (C=O) groups excluding carboxylic acids is 1. The van der Waals surface area contributed by atoms with Crippen molar-refractivity contribution in [3.05, 3.63) is 95.6 Å². The summed E-state index contributed by atoms with van der Waals surface area (Å²) >= 11 is 1.52. The van der Waals surface area contributed by atoms with Crippen LogP contribution >= 0.6 is 11.8 Å². The minimum absolute atomic E-state index is 0.0324. The molecular weight excluding hydrogens is 416 g/mol. The van der Waals surface area contributed by atoms with E-state index < -0.39 is 9.84 Å². The first-order valence-electron chi connectivity index (χ1n) is 9.26. The van der Waals surface area contributed by atoms with Crippen molar-refractivity contribution in [3.8, 4) is 6.07 Å². The van der Waals surface area contributed by atoms with Crippen LogP contribution in [0.2, 0.25) is 0 Å². The molecule has 0 radical (unpaired) electrons. The summed E-state index contributed by atoms with van der Waals surface area (Å²) in [5.41, 5.74) is 2.16. The first-order valence-corrected chi connectivity index (χ1v) is 11.9. The van der Waals surface area contributed by atoms with Crippen LogP contribution in [0.1, 0.15) is 21.5 Å². The van der Waals surface area contributed by atoms with E-state index in [4.69, 9.17) is 5.26 Å². The van der Waals surface area contributed by atoms with Crippen LogP contribution in [0.25, 0.3) is 0 Å². The summed E-state index contributed by atoms with van der Waals surface area (Å²) in [5.74, 6) is 0.183. The molecule has 0 aromatic heterocycles.